The molecule has 4 nitrogen and oxygen atoms in total. The minimum absolute atomic E-state index is 0.0203. The minimum atomic E-state index is 0.0203. The molecule has 0 amide bonds. The summed E-state index contributed by atoms with van der Waals surface area (Å²) in [5.74, 6) is 1.44. The Morgan fingerprint density at radius 3 is 2.79 bits per heavy atom. The maximum absolute atomic E-state index is 9.07. The van der Waals surface area contributed by atoms with E-state index in [0.29, 0.717) is 12.4 Å². The van der Waals surface area contributed by atoms with E-state index < -0.39 is 0 Å². The van der Waals surface area contributed by atoms with Crippen LogP contribution in [-0.4, -0.2) is 23.8 Å². The number of aliphatic hydroxyl groups excluding tert-OH is 1. The third kappa shape index (κ3) is 3.24. The number of methoxy groups -OCH3 is 1. The van der Waals surface area contributed by atoms with Crippen LogP contribution < -0.4 is 9.47 Å². The van der Waals surface area contributed by atoms with Gasteiger partial charge in [-0.25, -0.2) is 4.98 Å². The van der Waals surface area contributed by atoms with Crippen molar-refractivity contribution < 1.29 is 14.6 Å². The van der Waals surface area contributed by atoms with Crippen molar-refractivity contribution in [2.24, 2.45) is 0 Å². The smallest absolute Gasteiger partial charge is 0.161 e. The summed E-state index contributed by atoms with van der Waals surface area (Å²) >= 11 is 1.47. The first-order valence-electron chi connectivity index (χ1n) is 6.15. The van der Waals surface area contributed by atoms with E-state index >= 15 is 0 Å². The highest BCUT2D eigenvalue weighted by Crippen LogP contribution is 2.34. The lowest BCUT2D eigenvalue weighted by Gasteiger charge is -2.10. The van der Waals surface area contributed by atoms with Crippen LogP contribution in [0.15, 0.2) is 24.4 Å². The van der Waals surface area contributed by atoms with Gasteiger partial charge in [0, 0.05) is 11.8 Å². The van der Waals surface area contributed by atoms with Gasteiger partial charge in [0.1, 0.15) is 5.01 Å². The SMILES string of the molecule is CCCOc1ccc(-c2ncc(CO)s2)cc1OC. The Morgan fingerprint density at radius 1 is 1.32 bits per heavy atom. The van der Waals surface area contributed by atoms with Crippen LogP contribution >= 0.6 is 11.3 Å². The summed E-state index contributed by atoms with van der Waals surface area (Å²) in [4.78, 5) is 5.13. The highest BCUT2D eigenvalue weighted by molar-refractivity contribution is 7.15. The van der Waals surface area contributed by atoms with E-state index in [1.807, 2.05) is 18.2 Å². The van der Waals surface area contributed by atoms with Crippen molar-refractivity contribution >= 4 is 11.3 Å². The molecule has 2 rings (SSSR count). The molecule has 0 saturated carbocycles. The van der Waals surface area contributed by atoms with Crippen LogP contribution in [0, 0.1) is 0 Å². The second kappa shape index (κ2) is 6.54. The molecule has 5 heteroatoms. The molecular weight excluding hydrogens is 262 g/mol. The Balaban J connectivity index is 2.27. The van der Waals surface area contributed by atoms with Gasteiger partial charge in [0.15, 0.2) is 11.5 Å². The van der Waals surface area contributed by atoms with Gasteiger partial charge >= 0.3 is 0 Å². The molecular formula is C14H17NO3S. The fourth-order valence-electron chi connectivity index (χ4n) is 1.65. The Bertz CT molecular complexity index is 539. The predicted molar refractivity (Wildman–Crippen MR) is 75.8 cm³/mol. The Hall–Kier alpha value is -1.59. The highest BCUT2D eigenvalue weighted by Gasteiger charge is 2.09. The summed E-state index contributed by atoms with van der Waals surface area (Å²) in [5.41, 5.74) is 0.963. The van der Waals surface area contributed by atoms with Crippen molar-refractivity contribution in [2.45, 2.75) is 20.0 Å². The van der Waals surface area contributed by atoms with Gasteiger partial charge in [-0.2, -0.15) is 0 Å². The molecule has 1 aromatic carbocycles. The predicted octanol–water partition coefficient (Wildman–Crippen LogP) is 3.10. The molecule has 2 aromatic rings. The number of rotatable bonds is 6. The van der Waals surface area contributed by atoms with Crippen LogP contribution in [0.1, 0.15) is 18.2 Å². The van der Waals surface area contributed by atoms with E-state index in [2.05, 4.69) is 11.9 Å². The third-order valence-electron chi connectivity index (χ3n) is 2.58. The van der Waals surface area contributed by atoms with Gasteiger partial charge in [0.25, 0.3) is 0 Å². The normalized spacial score (nSPS) is 10.5. The molecule has 0 aliphatic carbocycles. The second-order valence-corrected chi connectivity index (χ2v) is 5.12. The lowest BCUT2D eigenvalue weighted by Crippen LogP contribution is -1.97. The number of aromatic nitrogens is 1. The summed E-state index contributed by atoms with van der Waals surface area (Å²) in [7, 11) is 1.62. The standard InChI is InChI=1S/C14H17NO3S/c1-3-6-18-12-5-4-10(7-13(12)17-2)14-15-8-11(9-16)19-14/h4-5,7-8,16H,3,6,9H2,1-2H3. The summed E-state index contributed by atoms with van der Waals surface area (Å²) in [5, 5.41) is 9.93. The Morgan fingerprint density at radius 2 is 2.16 bits per heavy atom. The van der Waals surface area contributed by atoms with Crippen LogP contribution in [0.5, 0.6) is 11.5 Å². The average Bonchev–Trinajstić information content (AvgIpc) is 2.93. The van der Waals surface area contributed by atoms with Crippen molar-refractivity contribution in [1.29, 1.82) is 0 Å². The molecule has 0 unspecified atom stereocenters. The number of hydrogen-bond acceptors (Lipinski definition) is 5. The number of aliphatic hydroxyl groups is 1. The van der Waals surface area contributed by atoms with Gasteiger partial charge in [-0.05, 0) is 24.6 Å². The number of benzene rings is 1. The lowest BCUT2D eigenvalue weighted by molar-refractivity contribution is 0.285. The maximum atomic E-state index is 9.07. The summed E-state index contributed by atoms with van der Waals surface area (Å²) < 4.78 is 11.0. The van der Waals surface area contributed by atoms with E-state index in [4.69, 9.17) is 14.6 Å². The zero-order valence-electron chi connectivity index (χ0n) is 11.0. The molecule has 0 saturated heterocycles. The monoisotopic (exact) mass is 279 g/mol. The van der Waals surface area contributed by atoms with E-state index in [1.54, 1.807) is 13.3 Å². The van der Waals surface area contributed by atoms with Crippen LogP contribution in [0.25, 0.3) is 10.6 Å². The zero-order chi connectivity index (χ0) is 13.7. The molecule has 0 atom stereocenters. The van der Waals surface area contributed by atoms with Crippen LogP contribution in [0.4, 0.5) is 0 Å². The molecule has 0 fully saturated rings. The van der Waals surface area contributed by atoms with Gasteiger partial charge in [0.2, 0.25) is 0 Å². The first-order chi connectivity index (χ1) is 9.28. The van der Waals surface area contributed by atoms with Gasteiger partial charge < -0.3 is 14.6 Å². The molecule has 19 heavy (non-hydrogen) atoms. The highest BCUT2D eigenvalue weighted by atomic mass is 32.1. The zero-order valence-corrected chi connectivity index (χ0v) is 11.9. The number of ether oxygens (including phenoxy) is 2. The quantitative estimate of drug-likeness (QED) is 0.882. The largest absolute Gasteiger partial charge is 0.493 e. The molecule has 1 heterocycles. The fourth-order valence-corrected chi connectivity index (χ4v) is 2.41. The summed E-state index contributed by atoms with van der Waals surface area (Å²) in [6.07, 6.45) is 2.64. The summed E-state index contributed by atoms with van der Waals surface area (Å²) in [6.45, 7) is 2.75. The molecule has 0 aliphatic rings. The van der Waals surface area contributed by atoms with Crippen LogP contribution in [0.3, 0.4) is 0 Å². The molecule has 1 N–H and O–H groups in total. The van der Waals surface area contributed by atoms with Crippen molar-refractivity contribution in [3.63, 3.8) is 0 Å². The van der Waals surface area contributed by atoms with E-state index in [1.165, 1.54) is 11.3 Å². The van der Waals surface area contributed by atoms with Gasteiger partial charge in [-0.3, -0.25) is 0 Å². The van der Waals surface area contributed by atoms with Gasteiger partial charge in [-0.15, -0.1) is 11.3 Å². The number of hydrogen-bond donors (Lipinski definition) is 1. The molecule has 0 bridgehead atoms. The maximum Gasteiger partial charge on any atom is 0.161 e. The van der Waals surface area contributed by atoms with E-state index in [9.17, 15) is 0 Å². The van der Waals surface area contributed by atoms with Crippen LogP contribution in [-0.2, 0) is 6.61 Å². The van der Waals surface area contributed by atoms with Crippen molar-refractivity contribution in [2.75, 3.05) is 13.7 Å². The first kappa shape index (κ1) is 13.8. The number of nitrogens with zero attached hydrogens (tertiary/aromatic N) is 1. The van der Waals surface area contributed by atoms with Gasteiger partial charge in [-0.1, -0.05) is 6.92 Å². The van der Waals surface area contributed by atoms with E-state index in [-0.39, 0.29) is 6.61 Å². The molecule has 102 valence electrons. The van der Waals surface area contributed by atoms with Crippen molar-refractivity contribution in [3.05, 3.63) is 29.3 Å². The molecule has 0 aliphatic heterocycles. The van der Waals surface area contributed by atoms with Crippen molar-refractivity contribution in [1.82, 2.24) is 4.98 Å². The third-order valence-corrected chi connectivity index (χ3v) is 3.61. The van der Waals surface area contributed by atoms with Crippen molar-refractivity contribution in [3.8, 4) is 22.1 Å². The van der Waals surface area contributed by atoms with Crippen LogP contribution in [0.2, 0.25) is 0 Å². The minimum Gasteiger partial charge on any atom is -0.493 e. The average molecular weight is 279 g/mol. The fraction of sp³-hybridized carbons (Fsp3) is 0.357. The molecule has 1 aromatic heterocycles. The Kier molecular flexibility index (Phi) is 4.76. The second-order valence-electron chi connectivity index (χ2n) is 4.00. The van der Waals surface area contributed by atoms with Gasteiger partial charge in [0.05, 0.1) is 25.2 Å². The summed E-state index contributed by atoms with van der Waals surface area (Å²) in [6, 6.07) is 5.75. The lowest BCUT2D eigenvalue weighted by atomic mass is 10.2. The molecule has 0 spiro atoms. The number of thiazole rings is 1. The topological polar surface area (TPSA) is 51.6 Å². The van der Waals surface area contributed by atoms with E-state index in [0.717, 1.165) is 27.6 Å². The molecule has 0 radical (unpaired) electrons. The first-order valence-corrected chi connectivity index (χ1v) is 6.97. The Labute approximate surface area is 116 Å².